The molecule has 1 aromatic carbocycles. The number of hydrogen-bond donors (Lipinski definition) is 0. The smallest absolute Gasteiger partial charge is 0.243 e. The molecule has 1 aliphatic heterocycles. The Bertz CT molecular complexity index is 868. The molecule has 1 fully saturated rings. The van der Waals surface area contributed by atoms with Crippen molar-refractivity contribution in [2.45, 2.75) is 25.3 Å². The van der Waals surface area contributed by atoms with Crippen LogP contribution in [0, 0.1) is 6.92 Å². The quantitative estimate of drug-likeness (QED) is 0.752. The zero-order valence-corrected chi connectivity index (χ0v) is 15.1. The molecule has 2 heterocycles. The minimum atomic E-state index is -3.59. The summed E-state index contributed by atoms with van der Waals surface area (Å²) in [6, 6.07) is 8.09. The molecule has 0 aliphatic carbocycles. The van der Waals surface area contributed by atoms with E-state index in [-0.39, 0.29) is 10.7 Å². The Hall–Kier alpha value is -2.03. The van der Waals surface area contributed by atoms with Gasteiger partial charge in [-0.25, -0.2) is 8.42 Å². The summed E-state index contributed by atoms with van der Waals surface area (Å²) in [6.07, 6.45) is 0. The van der Waals surface area contributed by atoms with E-state index in [0.29, 0.717) is 38.3 Å². The fourth-order valence-electron chi connectivity index (χ4n) is 2.87. The van der Waals surface area contributed by atoms with E-state index < -0.39 is 10.0 Å². The van der Waals surface area contributed by atoms with Crippen LogP contribution in [-0.2, 0) is 16.6 Å². The van der Waals surface area contributed by atoms with Crippen molar-refractivity contribution in [1.29, 1.82) is 0 Å². The van der Waals surface area contributed by atoms with E-state index in [1.807, 2.05) is 13.0 Å². The third kappa shape index (κ3) is 3.97. The molecule has 1 aliphatic rings. The lowest BCUT2D eigenvalue weighted by molar-refractivity contribution is 0.101. The predicted molar refractivity (Wildman–Crippen MR) is 91.7 cm³/mol. The molecule has 1 saturated heterocycles. The van der Waals surface area contributed by atoms with Crippen LogP contribution in [0.2, 0.25) is 0 Å². The number of carbonyl (C=O) groups is 1. The van der Waals surface area contributed by atoms with Crippen LogP contribution >= 0.6 is 0 Å². The normalized spacial score (nSPS) is 16.9. The summed E-state index contributed by atoms with van der Waals surface area (Å²) < 4.78 is 32.1. The van der Waals surface area contributed by atoms with Crippen LogP contribution < -0.4 is 0 Å². The fourth-order valence-corrected chi connectivity index (χ4v) is 4.34. The van der Waals surface area contributed by atoms with Gasteiger partial charge >= 0.3 is 0 Å². The van der Waals surface area contributed by atoms with Gasteiger partial charge in [0.1, 0.15) is 5.76 Å². The van der Waals surface area contributed by atoms with Crippen molar-refractivity contribution in [2.75, 3.05) is 26.2 Å². The number of benzene rings is 1. The Morgan fingerprint density at radius 2 is 1.92 bits per heavy atom. The van der Waals surface area contributed by atoms with Crippen molar-refractivity contribution in [2.24, 2.45) is 0 Å². The highest BCUT2D eigenvalue weighted by molar-refractivity contribution is 7.89. The summed E-state index contributed by atoms with van der Waals surface area (Å²) in [6.45, 7) is 5.97. The molecule has 7 nitrogen and oxygen atoms in total. The fraction of sp³-hybridized carbons (Fsp3) is 0.412. The first-order chi connectivity index (χ1) is 11.9. The van der Waals surface area contributed by atoms with Crippen molar-refractivity contribution in [1.82, 2.24) is 14.4 Å². The minimum absolute atomic E-state index is 0.148. The molecule has 0 unspecified atom stereocenters. The summed E-state index contributed by atoms with van der Waals surface area (Å²) in [7, 11) is -3.59. The van der Waals surface area contributed by atoms with Crippen LogP contribution in [0.15, 0.2) is 39.8 Å². The lowest BCUT2D eigenvalue weighted by Crippen LogP contribution is -2.48. The van der Waals surface area contributed by atoms with Crippen LogP contribution in [0.5, 0.6) is 0 Å². The van der Waals surface area contributed by atoms with E-state index in [9.17, 15) is 13.2 Å². The molecule has 1 aromatic heterocycles. The van der Waals surface area contributed by atoms with Crippen molar-refractivity contribution >= 4 is 15.8 Å². The van der Waals surface area contributed by atoms with Gasteiger partial charge in [-0.15, -0.1) is 0 Å². The van der Waals surface area contributed by atoms with Crippen molar-refractivity contribution in [3.8, 4) is 0 Å². The Morgan fingerprint density at radius 3 is 2.52 bits per heavy atom. The van der Waals surface area contributed by atoms with Gasteiger partial charge in [-0.3, -0.25) is 9.69 Å². The van der Waals surface area contributed by atoms with E-state index in [0.717, 1.165) is 11.5 Å². The van der Waals surface area contributed by atoms with Gasteiger partial charge in [0.25, 0.3) is 0 Å². The largest absolute Gasteiger partial charge is 0.361 e. The highest BCUT2D eigenvalue weighted by Crippen LogP contribution is 2.20. The molecule has 134 valence electrons. The number of ketones is 1. The Labute approximate surface area is 147 Å². The molecule has 25 heavy (non-hydrogen) atoms. The van der Waals surface area contributed by atoms with Gasteiger partial charge in [-0.1, -0.05) is 17.3 Å². The van der Waals surface area contributed by atoms with Crippen molar-refractivity contribution in [3.05, 3.63) is 47.3 Å². The van der Waals surface area contributed by atoms with E-state index in [1.165, 1.54) is 23.4 Å². The molecule has 2 aromatic rings. The number of hydrogen-bond acceptors (Lipinski definition) is 6. The molecule has 0 N–H and O–H groups in total. The van der Waals surface area contributed by atoms with Crippen molar-refractivity contribution in [3.63, 3.8) is 0 Å². The maximum Gasteiger partial charge on any atom is 0.243 e. The molecular weight excluding hydrogens is 342 g/mol. The number of piperazine rings is 1. The average molecular weight is 363 g/mol. The summed E-state index contributed by atoms with van der Waals surface area (Å²) in [4.78, 5) is 13.8. The maximum absolute atomic E-state index is 12.8. The summed E-state index contributed by atoms with van der Waals surface area (Å²) in [5, 5.41) is 3.97. The predicted octanol–water partition coefficient (Wildman–Crippen LogP) is 1.69. The average Bonchev–Trinajstić information content (AvgIpc) is 3.00. The number of aromatic nitrogens is 1. The zero-order valence-electron chi connectivity index (χ0n) is 14.3. The third-order valence-electron chi connectivity index (χ3n) is 4.27. The van der Waals surface area contributed by atoms with Gasteiger partial charge in [0.05, 0.1) is 10.6 Å². The molecule has 0 bridgehead atoms. The van der Waals surface area contributed by atoms with E-state index in [1.54, 1.807) is 12.1 Å². The number of rotatable bonds is 5. The standard InChI is InChI=1S/C17H21N3O4S/c1-13-10-16(18-24-13)12-19-6-8-20(9-7-19)25(22,23)17-5-3-4-15(11-17)14(2)21/h3-5,10-11H,6-9,12H2,1-2H3. The van der Waals surface area contributed by atoms with Gasteiger partial charge in [0.15, 0.2) is 5.78 Å². The number of aryl methyl sites for hydroxylation is 1. The zero-order chi connectivity index (χ0) is 18.0. The molecule has 8 heteroatoms. The maximum atomic E-state index is 12.8. The minimum Gasteiger partial charge on any atom is -0.361 e. The molecule has 0 saturated carbocycles. The molecule has 0 radical (unpaired) electrons. The van der Waals surface area contributed by atoms with Crippen molar-refractivity contribution < 1.29 is 17.7 Å². The number of carbonyl (C=O) groups excluding carboxylic acids is 1. The first-order valence-corrected chi connectivity index (χ1v) is 9.56. The highest BCUT2D eigenvalue weighted by Gasteiger charge is 2.29. The molecule has 0 atom stereocenters. The van der Waals surface area contributed by atoms with Gasteiger partial charge in [0.2, 0.25) is 10.0 Å². The first-order valence-electron chi connectivity index (χ1n) is 8.12. The van der Waals surface area contributed by atoms with Gasteiger partial charge in [-0.2, -0.15) is 4.31 Å². The van der Waals surface area contributed by atoms with Crippen LogP contribution in [0.1, 0.15) is 28.7 Å². The van der Waals surface area contributed by atoms with Crippen LogP contribution in [0.4, 0.5) is 0 Å². The number of nitrogens with zero attached hydrogens (tertiary/aromatic N) is 3. The second-order valence-corrected chi connectivity index (χ2v) is 8.13. The molecular formula is C17H21N3O4S. The SMILES string of the molecule is CC(=O)c1cccc(S(=O)(=O)N2CCN(Cc3cc(C)on3)CC2)c1. The topological polar surface area (TPSA) is 83.7 Å². The Kier molecular flexibility index (Phi) is 5.03. The van der Waals surface area contributed by atoms with E-state index in [4.69, 9.17) is 4.52 Å². The van der Waals surface area contributed by atoms with E-state index >= 15 is 0 Å². The molecule has 3 rings (SSSR count). The number of sulfonamides is 1. The summed E-state index contributed by atoms with van der Waals surface area (Å²) >= 11 is 0. The first kappa shape index (κ1) is 17.8. The van der Waals surface area contributed by atoms with Gasteiger partial charge < -0.3 is 4.52 Å². The Morgan fingerprint density at radius 1 is 1.20 bits per heavy atom. The highest BCUT2D eigenvalue weighted by atomic mass is 32.2. The van der Waals surface area contributed by atoms with Gasteiger partial charge in [-0.05, 0) is 26.0 Å². The van der Waals surface area contributed by atoms with Crippen LogP contribution in [0.3, 0.4) is 0 Å². The summed E-state index contributed by atoms with van der Waals surface area (Å²) in [5.41, 5.74) is 1.25. The summed E-state index contributed by atoms with van der Waals surface area (Å²) in [5.74, 6) is 0.617. The van der Waals surface area contributed by atoms with Crippen LogP contribution in [-0.4, -0.2) is 54.7 Å². The molecule has 0 spiro atoms. The third-order valence-corrected chi connectivity index (χ3v) is 6.17. The lowest BCUT2D eigenvalue weighted by Gasteiger charge is -2.33. The second kappa shape index (κ2) is 7.07. The monoisotopic (exact) mass is 363 g/mol. The Balaban J connectivity index is 1.67. The van der Waals surface area contributed by atoms with Gasteiger partial charge in [0, 0.05) is 44.4 Å². The molecule has 0 amide bonds. The van der Waals surface area contributed by atoms with Crippen LogP contribution in [0.25, 0.3) is 0 Å². The van der Waals surface area contributed by atoms with E-state index in [2.05, 4.69) is 10.1 Å². The second-order valence-electron chi connectivity index (χ2n) is 6.19. The number of Topliss-reactive ketones (excluding diaryl/α,β-unsaturated/α-hetero) is 1. The lowest BCUT2D eigenvalue weighted by atomic mass is 10.2.